The highest BCUT2D eigenvalue weighted by Crippen LogP contribution is 2.22. The van der Waals surface area contributed by atoms with Crippen molar-refractivity contribution in [1.82, 2.24) is 10.2 Å². The number of nitrogens with zero attached hydrogens (tertiary/aromatic N) is 1. The van der Waals surface area contributed by atoms with Gasteiger partial charge in [-0.1, -0.05) is 63.4 Å². The molecule has 0 unspecified atom stereocenters. The Bertz CT molecular complexity index is 669. The number of benzene rings is 1. The summed E-state index contributed by atoms with van der Waals surface area (Å²) in [5, 5.41) is 2.76. The molecular formula is C23H34N2O4. The van der Waals surface area contributed by atoms with Gasteiger partial charge in [0.05, 0.1) is 6.42 Å². The predicted octanol–water partition coefficient (Wildman–Crippen LogP) is 3.09. The van der Waals surface area contributed by atoms with Gasteiger partial charge in [-0.25, -0.2) is 4.79 Å². The van der Waals surface area contributed by atoms with Crippen molar-refractivity contribution in [1.29, 1.82) is 0 Å². The summed E-state index contributed by atoms with van der Waals surface area (Å²) >= 11 is 0. The molecule has 2 amide bonds. The van der Waals surface area contributed by atoms with Gasteiger partial charge in [-0.2, -0.15) is 0 Å². The average Bonchev–Trinajstić information content (AvgIpc) is 2.72. The Morgan fingerprint density at radius 1 is 1.10 bits per heavy atom. The van der Waals surface area contributed by atoms with Crippen LogP contribution < -0.4 is 5.32 Å². The second-order valence-corrected chi connectivity index (χ2v) is 8.03. The van der Waals surface area contributed by atoms with Crippen LogP contribution in [0.2, 0.25) is 0 Å². The summed E-state index contributed by atoms with van der Waals surface area (Å²) in [5.41, 5.74) is 0.877. The molecule has 0 heterocycles. The second kappa shape index (κ2) is 11.6. The summed E-state index contributed by atoms with van der Waals surface area (Å²) in [6.45, 7) is 5.98. The quantitative estimate of drug-likeness (QED) is 0.644. The van der Waals surface area contributed by atoms with Crippen molar-refractivity contribution in [3.63, 3.8) is 0 Å². The Hall–Kier alpha value is -2.37. The first-order chi connectivity index (χ1) is 13.9. The number of ether oxygens (including phenoxy) is 1. The molecule has 0 saturated heterocycles. The molecule has 1 aliphatic rings. The zero-order valence-corrected chi connectivity index (χ0v) is 17.9. The van der Waals surface area contributed by atoms with Gasteiger partial charge in [0.2, 0.25) is 5.91 Å². The Balaban J connectivity index is 1.87. The molecule has 0 aromatic heterocycles. The van der Waals surface area contributed by atoms with E-state index >= 15 is 0 Å². The van der Waals surface area contributed by atoms with Crippen molar-refractivity contribution < 1.29 is 19.1 Å². The maximum absolute atomic E-state index is 12.6. The van der Waals surface area contributed by atoms with Crippen molar-refractivity contribution in [3.05, 3.63) is 35.9 Å². The first kappa shape index (κ1) is 22.9. The minimum absolute atomic E-state index is 0.141. The molecule has 1 fully saturated rings. The van der Waals surface area contributed by atoms with Gasteiger partial charge in [0.25, 0.3) is 5.91 Å². The minimum Gasteiger partial charge on any atom is -0.454 e. The van der Waals surface area contributed by atoms with Crippen molar-refractivity contribution >= 4 is 17.8 Å². The standard InChI is InChI=1S/C23H34N2O4/c1-4-25(19-13-9-6-10-14-19)21(27)16-29-23(28)22(17(2)3)24-20(26)15-18-11-7-5-8-12-18/h5,7-8,11-12,17,19,22H,4,6,9-10,13-16H2,1-3H3,(H,24,26)/t22-/m0/s1. The number of esters is 1. The zero-order valence-electron chi connectivity index (χ0n) is 17.9. The molecule has 160 valence electrons. The fraction of sp³-hybridized carbons (Fsp3) is 0.609. The van der Waals surface area contributed by atoms with Gasteiger partial charge in [0, 0.05) is 12.6 Å². The number of hydrogen-bond acceptors (Lipinski definition) is 4. The second-order valence-electron chi connectivity index (χ2n) is 8.03. The third-order valence-electron chi connectivity index (χ3n) is 5.46. The molecule has 0 bridgehead atoms. The molecule has 29 heavy (non-hydrogen) atoms. The Labute approximate surface area is 174 Å². The molecule has 2 rings (SSSR count). The SMILES string of the molecule is CCN(C(=O)COC(=O)[C@@H](NC(=O)Cc1ccccc1)C(C)C)C1CCCCC1. The molecular weight excluding hydrogens is 368 g/mol. The van der Waals surface area contributed by atoms with Crippen LogP contribution in [-0.2, 0) is 25.5 Å². The molecule has 0 radical (unpaired) electrons. The van der Waals surface area contributed by atoms with E-state index < -0.39 is 12.0 Å². The lowest BCUT2D eigenvalue weighted by atomic mass is 9.94. The Morgan fingerprint density at radius 3 is 2.34 bits per heavy atom. The summed E-state index contributed by atoms with van der Waals surface area (Å²) in [6, 6.07) is 8.83. The summed E-state index contributed by atoms with van der Waals surface area (Å²) in [6.07, 6.45) is 5.71. The Morgan fingerprint density at radius 2 is 1.76 bits per heavy atom. The lowest BCUT2D eigenvalue weighted by Crippen LogP contribution is -2.48. The topological polar surface area (TPSA) is 75.7 Å². The van der Waals surface area contributed by atoms with Crippen molar-refractivity contribution in [3.8, 4) is 0 Å². The van der Waals surface area contributed by atoms with E-state index in [1.54, 1.807) is 0 Å². The summed E-state index contributed by atoms with van der Waals surface area (Å²) in [4.78, 5) is 39.3. The first-order valence-electron chi connectivity index (χ1n) is 10.7. The number of carbonyl (C=O) groups excluding carboxylic acids is 3. The normalized spacial score (nSPS) is 15.6. The fourth-order valence-electron chi connectivity index (χ4n) is 3.84. The van der Waals surface area contributed by atoms with Crippen LogP contribution in [0.3, 0.4) is 0 Å². The molecule has 1 aromatic carbocycles. The van der Waals surface area contributed by atoms with Crippen LogP contribution in [0.1, 0.15) is 58.4 Å². The van der Waals surface area contributed by atoms with Crippen LogP contribution in [0, 0.1) is 5.92 Å². The number of carbonyl (C=O) groups is 3. The van der Waals surface area contributed by atoms with E-state index in [1.165, 1.54) is 6.42 Å². The molecule has 1 atom stereocenters. The molecule has 6 nitrogen and oxygen atoms in total. The minimum atomic E-state index is -0.774. The average molecular weight is 403 g/mol. The largest absolute Gasteiger partial charge is 0.454 e. The fourth-order valence-corrected chi connectivity index (χ4v) is 3.84. The predicted molar refractivity (Wildman–Crippen MR) is 112 cm³/mol. The van der Waals surface area contributed by atoms with Crippen molar-refractivity contribution in [2.75, 3.05) is 13.2 Å². The number of hydrogen-bond donors (Lipinski definition) is 1. The lowest BCUT2D eigenvalue weighted by molar-refractivity contribution is -0.156. The van der Waals surface area contributed by atoms with Gasteiger partial charge in [0.15, 0.2) is 6.61 Å². The van der Waals surface area contributed by atoms with E-state index in [4.69, 9.17) is 4.74 Å². The molecule has 0 spiro atoms. The highest BCUT2D eigenvalue weighted by molar-refractivity contribution is 5.87. The van der Waals surface area contributed by atoms with Crippen LogP contribution in [0.4, 0.5) is 0 Å². The van der Waals surface area contributed by atoms with Crippen molar-refractivity contribution in [2.45, 2.75) is 71.4 Å². The highest BCUT2D eigenvalue weighted by atomic mass is 16.5. The van der Waals surface area contributed by atoms with Gasteiger partial charge >= 0.3 is 5.97 Å². The van der Waals surface area contributed by atoms with Crippen LogP contribution >= 0.6 is 0 Å². The number of rotatable bonds is 9. The maximum atomic E-state index is 12.6. The third kappa shape index (κ3) is 7.18. The van der Waals surface area contributed by atoms with E-state index in [1.807, 2.05) is 56.0 Å². The van der Waals surface area contributed by atoms with Crippen LogP contribution in [0.25, 0.3) is 0 Å². The number of nitrogens with one attached hydrogen (secondary N) is 1. The van der Waals surface area contributed by atoms with Crippen LogP contribution in [0.5, 0.6) is 0 Å². The molecule has 1 aromatic rings. The van der Waals surface area contributed by atoms with E-state index in [2.05, 4.69) is 5.32 Å². The smallest absolute Gasteiger partial charge is 0.329 e. The van der Waals surface area contributed by atoms with Crippen LogP contribution in [0.15, 0.2) is 30.3 Å². The van der Waals surface area contributed by atoms with Gasteiger partial charge in [-0.05, 0) is 31.2 Å². The van der Waals surface area contributed by atoms with Gasteiger partial charge < -0.3 is 15.0 Å². The van der Waals surface area contributed by atoms with Gasteiger partial charge in [-0.15, -0.1) is 0 Å². The lowest BCUT2D eigenvalue weighted by Gasteiger charge is -2.33. The van der Waals surface area contributed by atoms with E-state index in [0.717, 1.165) is 31.2 Å². The third-order valence-corrected chi connectivity index (χ3v) is 5.46. The molecule has 1 aliphatic carbocycles. The highest BCUT2D eigenvalue weighted by Gasteiger charge is 2.28. The van der Waals surface area contributed by atoms with Crippen molar-refractivity contribution in [2.24, 2.45) is 5.92 Å². The summed E-state index contributed by atoms with van der Waals surface area (Å²) in [7, 11) is 0. The molecule has 0 aliphatic heterocycles. The monoisotopic (exact) mass is 402 g/mol. The maximum Gasteiger partial charge on any atom is 0.329 e. The summed E-state index contributed by atoms with van der Waals surface area (Å²) in [5.74, 6) is -1.10. The zero-order chi connectivity index (χ0) is 21.2. The first-order valence-corrected chi connectivity index (χ1v) is 10.7. The van der Waals surface area contributed by atoms with E-state index in [-0.39, 0.29) is 36.8 Å². The summed E-state index contributed by atoms with van der Waals surface area (Å²) < 4.78 is 5.31. The molecule has 1 saturated carbocycles. The van der Waals surface area contributed by atoms with E-state index in [9.17, 15) is 14.4 Å². The molecule has 1 N–H and O–H groups in total. The number of likely N-dealkylation sites (N-methyl/N-ethyl adjacent to an activating group) is 1. The van der Waals surface area contributed by atoms with Crippen LogP contribution in [-0.4, -0.2) is 47.9 Å². The van der Waals surface area contributed by atoms with E-state index in [0.29, 0.717) is 6.54 Å². The Kier molecular flexibility index (Phi) is 9.16. The van der Waals surface area contributed by atoms with Gasteiger partial charge in [-0.3, -0.25) is 9.59 Å². The number of amides is 2. The molecule has 6 heteroatoms. The van der Waals surface area contributed by atoms with Gasteiger partial charge in [0.1, 0.15) is 6.04 Å².